The molecule has 0 aliphatic rings. The molecule has 0 saturated heterocycles. The van der Waals surface area contributed by atoms with Crippen LogP contribution in [0.4, 0.5) is 5.69 Å². The lowest BCUT2D eigenvalue weighted by molar-refractivity contribution is -0.383. The zero-order valence-corrected chi connectivity index (χ0v) is 23.5. The number of aromatic hydroxyl groups is 3. The van der Waals surface area contributed by atoms with Crippen molar-refractivity contribution in [3.05, 3.63) is 94.4 Å². The Hall–Kier alpha value is -6.06. The van der Waals surface area contributed by atoms with Gasteiger partial charge < -0.3 is 52.0 Å². The van der Waals surface area contributed by atoms with E-state index in [-0.39, 0.29) is 40.9 Å². The number of H-pyrrole nitrogens is 3. The Morgan fingerprint density at radius 1 is 0.733 bits per heavy atom. The lowest BCUT2D eigenvalue weighted by Gasteiger charge is -2.05. The third-order valence-electron chi connectivity index (χ3n) is 6.93. The first-order valence-electron chi connectivity index (χ1n) is 13.3. The molecule has 0 spiro atoms. The maximum Gasteiger partial charge on any atom is 0.320 e. The highest BCUT2D eigenvalue weighted by molar-refractivity contribution is 5.96. The number of hydrogen-bond donors (Lipinski definition) is 10. The van der Waals surface area contributed by atoms with Gasteiger partial charge >= 0.3 is 11.9 Å². The Kier molecular flexibility index (Phi) is 9.56. The van der Waals surface area contributed by atoms with Crippen LogP contribution >= 0.6 is 0 Å². The highest BCUT2D eigenvalue weighted by atomic mass is 16.6. The quantitative estimate of drug-likeness (QED) is 0.0913. The predicted molar refractivity (Wildman–Crippen MR) is 165 cm³/mol. The van der Waals surface area contributed by atoms with Crippen LogP contribution in [-0.2, 0) is 22.4 Å². The van der Waals surface area contributed by atoms with E-state index >= 15 is 0 Å². The van der Waals surface area contributed by atoms with Gasteiger partial charge in [0, 0.05) is 48.3 Å². The summed E-state index contributed by atoms with van der Waals surface area (Å²) < 4.78 is 0. The van der Waals surface area contributed by atoms with E-state index in [0.717, 1.165) is 21.9 Å². The molecule has 234 valence electrons. The summed E-state index contributed by atoms with van der Waals surface area (Å²) in [7, 11) is 0. The fraction of sp³-hybridized carbons (Fsp3) is 0.133. The number of nitrogens with zero attached hydrogens (tertiary/aromatic N) is 1. The molecule has 2 unspecified atom stereocenters. The zero-order chi connectivity index (χ0) is 32.8. The highest BCUT2D eigenvalue weighted by Crippen LogP contribution is 2.34. The number of aromatic nitrogens is 3. The van der Waals surface area contributed by atoms with Gasteiger partial charge in [-0.3, -0.25) is 19.7 Å². The van der Waals surface area contributed by atoms with Crippen molar-refractivity contribution < 1.29 is 40.0 Å². The molecule has 0 aliphatic carbocycles. The van der Waals surface area contributed by atoms with Gasteiger partial charge in [-0.15, -0.1) is 0 Å². The number of carboxylic acid groups (broad SMARTS) is 2. The SMILES string of the molecule is NC(Cc1c[nH]c2c(O)ccc([N+](=O)[O-])c12)C(=O)O.NC(Cc1c[nH]c2c(O)cccc12)C(=O)O.Oc1cccc2cc[nH]c12. The largest absolute Gasteiger partial charge is 0.506 e. The summed E-state index contributed by atoms with van der Waals surface area (Å²) in [5, 5.41) is 58.9. The van der Waals surface area contributed by atoms with Gasteiger partial charge in [0.05, 0.1) is 26.9 Å². The fourth-order valence-electron chi connectivity index (χ4n) is 4.68. The van der Waals surface area contributed by atoms with Crippen molar-refractivity contribution in [2.24, 2.45) is 11.5 Å². The third-order valence-corrected chi connectivity index (χ3v) is 6.93. The van der Waals surface area contributed by atoms with Crippen LogP contribution in [0.15, 0.2) is 73.2 Å². The van der Waals surface area contributed by atoms with Gasteiger partial charge in [-0.05, 0) is 35.4 Å². The van der Waals surface area contributed by atoms with Crippen molar-refractivity contribution in [2.75, 3.05) is 0 Å². The molecule has 6 aromatic rings. The minimum absolute atomic E-state index is 0.0698. The van der Waals surface area contributed by atoms with Crippen LogP contribution in [0.25, 0.3) is 32.7 Å². The van der Waals surface area contributed by atoms with Crippen molar-refractivity contribution in [3.8, 4) is 17.2 Å². The molecule has 0 fully saturated rings. The zero-order valence-electron chi connectivity index (χ0n) is 23.5. The standard InChI is InChI=1S/C11H11N3O5.C11H12N2O3.C8H7NO/c12-6(11(16)17)3-5-4-13-10-8(15)2-1-7(9(5)10)14(18)19;12-8(11(15)16)4-6-5-13-10-7(6)2-1-3-9(10)14;10-7-3-1-2-6-4-5-9-8(6)7/h1-2,4,6,13,15H,3,12H2,(H,16,17);1-3,5,8,13-14H,4,12H2,(H,15,16);1-5,9-10H. The average molecular weight is 619 g/mol. The Morgan fingerprint density at radius 2 is 1.29 bits per heavy atom. The number of fused-ring (bicyclic) bond motifs is 3. The normalized spacial score (nSPS) is 12.1. The number of rotatable bonds is 7. The van der Waals surface area contributed by atoms with E-state index in [1.807, 2.05) is 30.5 Å². The first-order chi connectivity index (χ1) is 21.4. The minimum Gasteiger partial charge on any atom is -0.506 e. The number of benzene rings is 3. The van der Waals surface area contributed by atoms with E-state index in [4.69, 9.17) is 21.7 Å². The Labute approximate surface area is 253 Å². The van der Waals surface area contributed by atoms with Crippen LogP contribution in [0, 0.1) is 10.1 Å². The number of phenols is 3. The monoisotopic (exact) mass is 618 g/mol. The van der Waals surface area contributed by atoms with Crippen LogP contribution in [-0.4, -0.2) is 69.4 Å². The second-order valence-corrected chi connectivity index (χ2v) is 9.96. The van der Waals surface area contributed by atoms with E-state index in [1.54, 1.807) is 24.4 Å². The summed E-state index contributed by atoms with van der Waals surface area (Å²) in [6.07, 6.45) is 5.07. The van der Waals surface area contributed by atoms with E-state index in [2.05, 4.69) is 15.0 Å². The number of aliphatic carboxylic acids is 2. The van der Waals surface area contributed by atoms with Crippen molar-refractivity contribution in [2.45, 2.75) is 24.9 Å². The second-order valence-electron chi connectivity index (χ2n) is 9.96. The molecule has 15 nitrogen and oxygen atoms in total. The molecular formula is C30H30N6O9. The molecule has 12 N–H and O–H groups in total. The number of hydrogen-bond acceptors (Lipinski definition) is 9. The maximum atomic E-state index is 11.0. The predicted octanol–water partition coefficient (Wildman–Crippen LogP) is 3.44. The lowest BCUT2D eigenvalue weighted by Crippen LogP contribution is -2.32. The molecule has 0 aliphatic heterocycles. The highest BCUT2D eigenvalue weighted by Gasteiger charge is 2.22. The topological polar surface area (TPSA) is 278 Å². The number of aromatic amines is 3. The number of nitro benzene ring substituents is 1. The number of para-hydroxylation sites is 2. The van der Waals surface area contributed by atoms with E-state index < -0.39 is 28.9 Å². The van der Waals surface area contributed by atoms with Crippen molar-refractivity contribution >= 4 is 50.3 Å². The Balaban J connectivity index is 0.000000160. The van der Waals surface area contributed by atoms with Gasteiger partial charge in [0.2, 0.25) is 0 Å². The molecule has 0 radical (unpaired) electrons. The molecule has 0 saturated carbocycles. The Morgan fingerprint density at radius 3 is 1.91 bits per heavy atom. The number of carboxylic acids is 2. The van der Waals surface area contributed by atoms with Gasteiger partial charge in [-0.25, -0.2) is 0 Å². The van der Waals surface area contributed by atoms with Crippen LogP contribution in [0.2, 0.25) is 0 Å². The number of nitro groups is 1. The number of nitrogens with two attached hydrogens (primary N) is 2. The Bertz CT molecular complexity index is 1990. The van der Waals surface area contributed by atoms with Crippen molar-refractivity contribution in [1.29, 1.82) is 0 Å². The average Bonchev–Trinajstić information content (AvgIpc) is 3.74. The van der Waals surface area contributed by atoms with Crippen LogP contribution in [0.3, 0.4) is 0 Å². The first kappa shape index (κ1) is 31.9. The summed E-state index contributed by atoms with van der Waals surface area (Å²) in [6.45, 7) is 0. The lowest BCUT2D eigenvalue weighted by atomic mass is 10.0. The number of carbonyl (C=O) groups is 2. The van der Waals surface area contributed by atoms with Gasteiger partial charge in [-0.1, -0.05) is 24.3 Å². The van der Waals surface area contributed by atoms with Crippen molar-refractivity contribution in [1.82, 2.24) is 15.0 Å². The molecule has 15 heteroatoms. The van der Waals surface area contributed by atoms with E-state index in [9.17, 15) is 35.0 Å². The van der Waals surface area contributed by atoms with Gasteiger partial charge in [0.25, 0.3) is 5.69 Å². The molecule has 3 aromatic heterocycles. The molecule has 3 heterocycles. The third kappa shape index (κ3) is 7.12. The first-order valence-corrected chi connectivity index (χ1v) is 13.3. The fourth-order valence-corrected chi connectivity index (χ4v) is 4.68. The summed E-state index contributed by atoms with van der Waals surface area (Å²) in [4.78, 5) is 40.3. The summed E-state index contributed by atoms with van der Waals surface area (Å²) in [5.74, 6) is -1.92. The summed E-state index contributed by atoms with van der Waals surface area (Å²) >= 11 is 0. The van der Waals surface area contributed by atoms with Gasteiger partial charge in [-0.2, -0.15) is 0 Å². The maximum absolute atomic E-state index is 11.0. The van der Waals surface area contributed by atoms with Gasteiger partial charge in [0.1, 0.15) is 29.3 Å². The van der Waals surface area contributed by atoms with Gasteiger partial charge in [0.15, 0.2) is 0 Å². The molecule has 45 heavy (non-hydrogen) atoms. The van der Waals surface area contributed by atoms with Crippen LogP contribution in [0.5, 0.6) is 17.2 Å². The molecule has 0 amide bonds. The smallest absolute Gasteiger partial charge is 0.320 e. The number of nitrogens with one attached hydrogen (secondary N) is 3. The molecule has 3 aromatic carbocycles. The molecule has 6 rings (SSSR count). The van der Waals surface area contributed by atoms with E-state index in [0.29, 0.717) is 16.8 Å². The minimum atomic E-state index is -1.20. The number of non-ortho nitro benzene ring substituents is 1. The second kappa shape index (κ2) is 13.5. The molecule has 2 atom stereocenters. The molecular weight excluding hydrogens is 588 g/mol. The van der Waals surface area contributed by atoms with E-state index in [1.165, 1.54) is 18.3 Å². The van der Waals surface area contributed by atoms with Crippen LogP contribution in [0.1, 0.15) is 11.1 Å². The summed E-state index contributed by atoms with van der Waals surface area (Å²) in [6, 6.07) is 12.7. The van der Waals surface area contributed by atoms with Crippen LogP contribution < -0.4 is 11.5 Å². The van der Waals surface area contributed by atoms with Crippen molar-refractivity contribution in [3.63, 3.8) is 0 Å². The number of phenolic OH excluding ortho intramolecular Hbond substituents is 3. The summed E-state index contributed by atoms with van der Waals surface area (Å²) in [5.41, 5.74) is 13.5. The molecule has 0 bridgehead atoms.